The van der Waals surface area contributed by atoms with Crippen molar-refractivity contribution in [3.05, 3.63) is 29.8 Å². The summed E-state index contributed by atoms with van der Waals surface area (Å²) in [7, 11) is 0. The van der Waals surface area contributed by atoms with E-state index in [4.69, 9.17) is 10.5 Å². The van der Waals surface area contributed by atoms with Crippen molar-refractivity contribution in [2.24, 2.45) is 5.92 Å². The van der Waals surface area contributed by atoms with E-state index >= 15 is 0 Å². The number of carbonyl (C=O) groups excluding carboxylic acids is 1. The van der Waals surface area contributed by atoms with Crippen LogP contribution in [0.2, 0.25) is 0 Å². The average Bonchev–Trinajstić information content (AvgIpc) is 2.44. The minimum atomic E-state index is 0.105. The van der Waals surface area contributed by atoms with Crippen LogP contribution in [0.15, 0.2) is 24.3 Å². The monoisotopic (exact) mass is 262 g/mol. The van der Waals surface area contributed by atoms with Gasteiger partial charge in [-0.25, -0.2) is 0 Å². The summed E-state index contributed by atoms with van der Waals surface area (Å²) in [5.74, 6) is 0.582. The Bertz CT molecular complexity index is 414. The van der Waals surface area contributed by atoms with Crippen molar-refractivity contribution in [3.63, 3.8) is 0 Å². The third kappa shape index (κ3) is 4.91. The van der Waals surface area contributed by atoms with E-state index in [9.17, 15) is 4.79 Å². The van der Waals surface area contributed by atoms with Crippen LogP contribution in [0.25, 0.3) is 0 Å². The van der Waals surface area contributed by atoms with Crippen LogP contribution in [0.1, 0.15) is 24.8 Å². The van der Waals surface area contributed by atoms with E-state index in [1.807, 2.05) is 24.3 Å². The lowest BCUT2D eigenvalue weighted by Gasteiger charge is -2.22. The van der Waals surface area contributed by atoms with Gasteiger partial charge >= 0.3 is 0 Å². The van der Waals surface area contributed by atoms with Crippen LogP contribution in [0, 0.1) is 5.92 Å². The van der Waals surface area contributed by atoms with Gasteiger partial charge in [0.15, 0.2) is 0 Å². The number of carbonyl (C=O) groups is 1. The number of nitrogens with two attached hydrogens (primary N) is 1. The Kier molecular flexibility index (Phi) is 5.21. The largest absolute Gasteiger partial charge is 0.399 e. The van der Waals surface area contributed by atoms with E-state index in [0.29, 0.717) is 12.3 Å². The molecule has 0 saturated carbocycles. The van der Waals surface area contributed by atoms with Gasteiger partial charge in [0.2, 0.25) is 5.91 Å². The first-order chi connectivity index (χ1) is 9.24. The molecule has 1 aromatic carbocycles. The zero-order valence-electron chi connectivity index (χ0n) is 11.2. The van der Waals surface area contributed by atoms with Crippen LogP contribution in [-0.4, -0.2) is 25.7 Å². The van der Waals surface area contributed by atoms with E-state index in [1.54, 1.807) is 0 Å². The first kappa shape index (κ1) is 13.9. The normalized spacial score (nSPS) is 19.1. The maximum Gasteiger partial charge on any atom is 0.220 e. The molecule has 0 aromatic heterocycles. The van der Waals surface area contributed by atoms with E-state index in [-0.39, 0.29) is 5.91 Å². The van der Waals surface area contributed by atoms with Crippen LogP contribution in [0.5, 0.6) is 0 Å². The number of benzene rings is 1. The smallest absolute Gasteiger partial charge is 0.220 e. The van der Waals surface area contributed by atoms with Crippen molar-refractivity contribution in [1.82, 2.24) is 5.32 Å². The average molecular weight is 262 g/mol. The van der Waals surface area contributed by atoms with Crippen molar-refractivity contribution in [1.29, 1.82) is 0 Å². The van der Waals surface area contributed by atoms with Gasteiger partial charge in [-0.1, -0.05) is 12.1 Å². The van der Waals surface area contributed by atoms with E-state index in [1.165, 1.54) is 0 Å². The van der Waals surface area contributed by atoms with Gasteiger partial charge in [-0.05, 0) is 42.9 Å². The zero-order chi connectivity index (χ0) is 13.5. The standard InChI is InChI=1S/C15H22N2O2/c16-14-5-1-3-12(9-14)6-7-15(18)17-10-13-4-2-8-19-11-13/h1,3,5,9,13H,2,4,6-8,10-11,16H2,(H,17,18). The Morgan fingerprint density at radius 3 is 3.11 bits per heavy atom. The van der Waals surface area contributed by atoms with Crippen LogP contribution in [0.4, 0.5) is 5.69 Å². The Balaban J connectivity index is 1.66. The number of rotatable bonds is 5. The molecule has 1 fully saturated rings. The minimum absolute atomic E-state index is 0.105. The fraction of sp³-hybridized carbons (Fsp3) is 0.533. The molecule has 1 atom stereocenters. The molecule has 19 heavy (non-hydrogen) atoms. The first-order valence-corrected chi connectivity index (χ1v) is 6.93. The number of hydrogen-bond donors (Lipinski definition) is 2. The van der Waals surface area contributed by atoms with Crippen molar-refractivity contribution in [2.75, 3.05) is 25.5 Å². The lowest BCUT2D eigenvalue weighted by molar-refractivity contribution is -0.121. The van der Waals surface area contributed by atoms with Crippen molar-refractivity contribution in [2.45, 2.75) is 25.7 Å². The second-order valence-electron chi connectivity index (χ2n) is 5.13. The molecule has 1 aliphatic rings. The van der Waals surface area contributed by atoms with Gasteiger partial charge in [-0.2, -0.15) is 0 Å². The Hall–Kier alpha value is -1.55. The third-order valence-electron chi connectivity index (χ3n) is 3.43. The molecular weight excluding hydrogens is 240 g/mol. The summed E-state index contributed by atoms with van der Waals surface area (Å²) in [5.41, 5.74) is 7.56. The molecule has 2 rings (SSSR count). The predicted octanol–water partition coefficient (Wildman–Crippen LogP) is 1.74. The molecule has 1 saturated heterocycles. The highest BCUT2D eigenvalue weighted by Crippen LogP contribution is 2.12. The van der Waals surface area contributed by atoms with Gasteiger partial charge in [-0.3, -0.25) is 4.79 Å². The molecule has 0 aliphatic carbocycles. The molecule has 1 unspecified atom stereocenters. The second kappa shape index (κ2) is 7.14. The molecule has 1 amide bonds. The van der Waals surface area contributed by atoms with Gasteiger partial charge in [0.05, 0.1) is 6.61 Å². The molecule has 1 aromatic rings. The molecule has 4 nitrogen and oxygen atoms in total. The minimum Gasteiger partial charge on any atom is -0.399 e. The SMILES string of the molecule is Nc1cccc(CCC(=O)NCC2CCCOC2)c1. The lowest BCUT2D eigenvalue weighted by atomic mass is 10.0. The zero-order valence-corrected chi connectivity index (χ0v) is 11.2. The molecule has 4 heteroatoms. The Morgan fingerprint density at radius 2 is 2.37 bits per heavy atom. The molecule has 3 N–H and O–H groups in total. The summed E-state index contributed by atoms with van der Waals surface area (Å²) in [6.07, 6.45) is 3.49. The number of nitrogen functional groups attached to an aromatic ring is 1. The number of aryl methyl sites for hydroxylation is 1. The van der Waals surface area contributed by atoms with Crippen LogP contribution >= 0.6 is 0 Å². The van der Waals surface area contributed by atoms with Gasteiger partial charge in [0.1, 0.15) is 0 Å². The topological polar surface area (TPSA) is 64.4 Å². The highest BCUT2D eigenvalue weighted by molar-refractivity contribution is 5.76. The number of hydrogen-bond acceptors (Lipinski definition) is 3. The van der Waals surface area contributed by atoms with Gasteiger partial charge in [0, 0.05) is 25.3 Å². The number of anilines is 1. The lowest BCUT2D eigenvalue weighted by Crippen LogP contribution is -2.33. The molecule has 0 radical (unpaired) electrons. The Morgan fingerprint density at radius 1 is 1.47 bits per heavy atom. The molecule has 0 bridgehead atoms. The summed E-state index contributed by atoms with van der Waals surface area (Å²) in [6.45, 7) is 2.37. The Labute approximate surface area is 114 Å². The second-order valence-corrected chi connectivity index (χ2v) is 5.13. The van der Waals surface area contributed by atoms with E-state index in [2.05, 4.69) is 5.32 Å². The van der Waals surface area contributed by atoms with E-state index in [0.717, 1.165) is 50.3 Å². The van der Waals surface area contributed by atoms with Crippen LogP contribution in [0.3, 0.4) is 0 Å². The molecule has 0 spiro atoms. The maximum absolute atomic E-state index is 11.8. The number of amides is 1. The summed E-state index contributed by atoms with van der Waals surface area (Å²) in [6, 6.07) is 7.69. The first-order valence-electron chi connectivity index (χ1n) is 6.93. The molecule has 1 heterocycles. The van der Waals surface area contributed by atoms with Crippen LogP contribution in [-0.2, 0) is 16.0 Å². The predicted molar refractivity (Wildman–Crippen MR) is 75.7 cm³/mol. The number of nitrogens with one attached hydrogen (secondary N) is 1. The maximum atomic E-state index is 11.8. The van der Waals surface area contributed by atoms with Gasteiger partial charge < -0.3 is 15.8 Å². The fourth-order valence-corrected chi connectivity index (χ4v) is 2.32. The summed E-state index contributed by atoms with van der Waals surface area (Å²) in [5, 5.41) is 2.99. The van der Waals surface area contributed by atoms with E-state index < -0.39 is 0 Å². The van der Waals surface area contributed by atoms with Crippen molar-refractivity contribution >= 4 is 11.6 Å². The van der Waals surface area contributed by atoms with Crippen LogP contribution < -0.4 is 11.1 Å². The van der Waals surface area contributed by atoms with Crippen molar-refractivity contribution < 1.29 is 9.53 Å². The molecule has 1 aliphatic heterocycles. The van der Waals surface area contributed by atoms with Crippen molar-refractivity contribution in [3.8, 4) is 0 Å². The summed E-state index contributed by atoms with van der Waals surface area (Å²) >= 11 is 0. The summed E-state index contributed by atoms with van der Waals surface area (Å²) in [4.78, 5) is 11.8. The fourth-order valence-electron chi connectivity index (χ4n) is 2.32. The highest BCUT2D eigenvalue weighted by Gasteiger charge is 2.14. The third-order valence-corrected chi connectivity index (χ3v) is 3.43. The van der Waals surface area contributed by atoms with Gasteiger partial charge in [0.25, 0.3) is 0 Å². The molecular formula is C15H22N2O2. The summed E-state index contributed by atoms with van der Waals surface area (Å²) < 4.78 is 5.39. The number of ether oxygens (including phenoxy) is 1. The molecule has 104 valence electrons. The van der Waals surface area contributed by atoms with Gasteiger partial charge in [-0.15, -0.1) is 0 Å². The highest BCUT2D eigenvalue weighted by atomic mass is 16.5. The quantitative estimate of drug-likeness (QED) is 0.794.